The first-order chi connectivity index (χ1) is 5.77. The number of ether oxygens (including phenoxy) is 1. The fraction of sp³-hybridized carbons (Fsp3) is 0.250. The standard InChI is InChI=1S/C8H8O3S.Na/c9-12(10)7-2-1-6-3-4-11-8(6)5-7;/h1-2,5H,3-4H2,(H,9,10);/q;+1/p-1. The molecule has 1 aliphatic rings. The second-order valence-electron chi connectivity index (χ2n) is 2.60. The van der Waals surface area contributed by atoms with E-state index in [9.17, 15) is 8.76 Å². The molecule has 3 nitrogen and oxygen atoms in total. The van der Waals surface area contributed by atoms with E-state index in [0.29, 0.717) is 12.4 Å². The molecule has 1 unspecified atom stereocenters. The van der Waals surface area contributed by atoms with Crippen LogP contribution >= 0.6 is 0 Å². The van der Waals surface area contributed by atoms with E-state index in [-0.39, 0.29) is 34.5 Å². The Hall–Kier alpha value is 0.130. The van der Waals surface area contributed by atoms with Crippen LogP contribution in [0.25, 0.3) is 0 Å². The summed E-state index contributed by atoms with van der Waals surface area (Å²) in [5.41, 5.74) is 1.09. The van der Waals surface area contributed by atoms with Crippen molar-refractivity contribution in [1.29, 1.82) is 0 Å². The molecule has 2 rings (SSSR count). The zero-order chi connectivity index (χ0) is 8.55. The zero-order valence-corrected chi connectivity index (χ0v) is 10.1. The molecule has 0 N–H and O–H groups in total. The van der Waals surface area contributed by atoms with E-state index in [4.69, 9.17) is 4.74 Å². The Morgan fingerprint density at radius 3 is 2.92 bits per heavy atom. The Labute approximate surface area is 101 Å². The molecule has 64 valence electrons. The second kappa shape index (κ2) is 4.57. The van der Waals surface area contributed by atoms with Crippen LogP contribution in [0.1, 0.15) is 5.56 Å². The summed E-state index contributed by atoms with van der Waals surface area (Å²) in [6.45, 7) is 0.657. The van der Waals surface area contributed by atoms with Crippen molar-refractivity contribution in [2.24, 2.45) is 0 Å². The molecule has 1 atom stereocenters. The van der Waals surface area contributed by atoms with Crippen LogP contribution in [0.4, 0.5) is 0 Å². The average molecular weight is 206 g/mol. The molecule has 1 aliphatic heterocycles. The maximum absolute atomic E-state index is 10.5. The Balaban J connectivity index is 0.000000845. The molecule has 13 heavy (non-hydrogen) atoms. The molecule has 0 saturated carbocycles. The number of hydrogen-bond acceptors (Lipinski definition) is 3. The van der Waals surface area contributed by atoms with E-state index in [1.54, 1.807) is 18.2 Å². The normalized spacial score (nSPS) is 15.5. The molecule has 0 fully saturated rings. The SMILES string of the molecule is O=S([O-])c1ccc2c(c1)OCC2.[Na+]. The molecular weight excluding hydrogens is 199 g/mol. The molecule has 0 spiro atoms. The predicted molar refractivity (Wildman–Crippen MR) is 42.8 cm³/mol. The van der Waals surface area contributed by atoms with Crippen LogP contribution in [0.3, 0.4) is 0 Å². The van der Waals surface area contributed by atoms with Crippen molar-refractivity contribution < 1.29 is 43.1 Å². The Kier molecular flexibility index (Phi) is 3.94. The molecule has 1 aromatic rings. The first-order valence-corrected chi connectivity index (χ1v) is 4.70. The van der Waals surface area contributed by atoms with Crippen LogP contribution in [-0.4, -0.2) is 15.4 Å². The van der Waals surface area contributed by atoms with Crippen LogP contribution in [0.2, 0.25) is 0 Å². The van der Waals surface area contributed by atoms with Gasteiger partial charge in [0.2, 0.25) is 0 Å². The monoisotopic (exact) mass is 206 g/mol. The van der Waals surface area contributed by atoms with E-state index in [0.717, 1.165) is 12.0 Å². The maximum atomic E-state index is 10.5. The summed E-state index contributed by atoms with van der Waals surface area (Å²) in [5, 5.41) is 0. The molecule has 5 heteroatoms. The summed E-state index contributed by atoms with van der Waals surface area (Å²) in [7, 11) is 0. The average Bonchev–Trinajstić information content (AvgIpc) is 2.49. The largest absolute Gasteiger partial charge is 1.00 e. The minimum absolute atomic E-state index is 0. The van der Waals surface area contributed by atoms with Gasteiger partial charge < -0.3 is 9.29 Å². The number of fused-ring (bicyclic) bond motifs is 1. The maximum Gasteiger partial charge on any atom is 1.00 e. The van der Waals surface area contributed by atoms with Gasteiger partial charge in [0.1, 0.15) is 5.75 Å². The number of hydrogen-bond donors (Lipinski definition) is 0. The molecule has 0 amide bonds. The Bertz CT molecular complexity index is 340. The molecule has 0 aromatic heterocycles. The third-order valence-corrected chi connectivity index (χ3v) is 2.50. The quantitative estimate of drug-likeness (QED) is 0.389. The van der Waals surface area contributed by atoms with Gasteiger partial charge in [-0.3, -0.25) is 4.21 Å². The third-order valence-electron chi connectivity index (χ3n) is 1.86. The fourth-order valence-corrected chi connectivity index (χ4v) is 1.63. The van der Waals surface area contributed by atoms with Gasteiger partial charge in [-0.2, -0.15) is 0 Å². The van der Waals surface area contributed by atoms with Crippen molar-refractivity contribution >= 4 is 11.1 Å². The molecular formula is C8H7NaO3S. The number of rotatable bonds is 1. The van der Waals surface area contributed by atoms with Gasteiger partial charge in [-0.05, 0) is 28.8 Å². The van der Waals surface area contributed by atoms with Gasteiger partial charge in [0.15, 0.2) is 0 Å². The van der Waals surface area contributed by atoms with Crippen LogP contribution in [0.5, 0.6) is 5.75 Å². The van der Waals surface area contributed by atoms with E-state index >= 15 is 0 Å². The fourth-order valence-electron chi connectivity index (χ4n) is 1.25. The van der Waals surface area contributed by atoms with Gasteiger partial charge in [-0.15, -0.1) is 0 Å². The van der Waals surface area contributed by atoms with E-state index in [2.05, 4.69) is 0 Å². The van der Waals surface area contributed by atoms with Crippen molar-refractivity contribution in [3.63, 3.8) is 0 Å². The molecule has 0 aliphatic carbocycles. The van der Waals surface area contributed by atoms with Gasteiger partial charge in [-0.1, -0.05) is 6.07 Å². The van der Waals surface area contributed by atoms with Crippen LogP contribution in [-0.2, 0) is 17.5 Å². The molecule has 1 heterocycles. The van der Waals surface area contributed by atoms with E-state index in [1.807, 2.05) is 0 Å². The minimum atomic E-state index is -2.15. The molecule has 0 bridgehead atoms. The Morgan fingerprint density at radius 1 is 1.46 bits per heavy atom. The first-order valence-electron chi connectivity index (χ1n) is 3.62. The molecule has 1 aromatic carbocycles. The van der Waals surface area contributed by atoms with Crippen molar-refractivity contribution in [3.8, 4) is 5.75 Å². The molecule has 0 saturated heterocycles. The van der Waals surface area contributed by atoms with Crippen molar-refractivity contribution in [2.75, 3.05) is 6.61 Å². The zero-order valence-electron chi connectivity index (χ0n) is 7.28. The van der Waals surface area contributed by atoms with Gasteiger partial charge in [0.05, 0.1) is 6.61 Å². The van der Waals surface area contributed by atoms with Crippen molar-refractivity contribution in [1.82, 2.24) is 0 Å². The second-order valence-corrected chi connectivity index (χ2v) is 3.54. The van der Waals surface area contributed by atoms with E-state index < -0.39 is 11.1 Å². The predicted octanol–water partition coefficient (Wildman–Crippen LogP) is -2.14. The van der Waals surface area contributed by atoms with E-state index in [1.165, 1.54) is 0 Å². The van der Waals surface area contributed by atoms with Gasteiger partial charge in [0, 0.05) is 11.3 Å². The van der Waals surface area contributed by atoms with Gasteiger partial charge in [-0.25, -0.2) is 0 Å². The van der Waals surface area contributed by atoms with Gasteiger partial charge >= 0.3 is 29.6 Å². The van der Waals surface area contributed by atoms with Gasteiger partial charge in [0.25, 0.3) is 0 Å². The van der Waals surface area contributed by atoms with Crippen LogP contribution in [0, 0.1) is 0 Å². The summed E-state index contributed by atoms with van der Waals surface area (Å²) < 4.78 is 26.3. The number of benzene rings is 1. The summed E-state index contributed by atoms with van der Waals surface area (Å²) in [5.74, 6) is 0.705. The van der Waals surface area contributed by atoms with Crippen molar-refractivity contribution in [2.45, 2.75) is 11.3 Å². The topological polar surface area (TPSA) is 49.4 Å². The van der Waals surface area contributed by atoms with Crippen LogP contribution in [0.15, 0.2) is 23.1 Å². The third kappa shape index (κ3) is 2.33. The smallest absolute Gasteiger partial charge is 0.768 e. The summed E-state index contributed by atoms with van der Waals surface area (Å²) in [6, 6.07) is 4.95. The summed E-state index contributed by atoms with van der Waals surface area (Å²) >= 11 is -2.15. The van der Waals surface area contributed by atoms with Crippen LogP contribution < -0.4 is 34.3 Å². The summed E-state index contributed by atoms with van der Waals surface area (Å²) in [6.07, 6.45) is 0.876. The molecule has 0 radical (unpaired) electrons. The van der Waals surface area contributed by atoms with Crippen molar-refractivity contribution in [3.05, 3.63) is 23.8 Å². The minimum Gasteiger partial charge on any atom is -0.768 e. The first kappa shape index (κ1) is 11.2. The summed E-state index contributed by atoms with van der Waals surface area (Å²) in [4.78, 5) is 0.288. The Morgan fingerprint density at radius 2 is 2.23 bits per heavy atom.